The normalized spacial score (nSPS) is 9.78. The van der Waals surface area contributed by atoms with Crippen molar-refractivity contribution in [1.29, 1.82) is 0 Å². The molecule has 0 unspecified atom stereocenters. The second kappa shape index (κ2) is 7.33. The Kier molecular flexibility index (Phi) is 6.07. The van der Waals surface area contributed by atoms with Crippen LogP contribution in [-0.2, 0) is 0 Å². The Labute approximate surface area is 115 Å². The lowest BCUT2D eigenvalue weighted by molar-refractivity contribution is 0.209. The number of benzene rings is 1. The summed E-state index contributed by atoms with van der Waals surface area (Å²) in [6.45, 7) is 3.91. The summed E-state index contributed by atoms with van der Waals surface area (Å²) in [4.78, 5) is 11.5. The first-order valence-electron chi connectivity index (χ1n) is 5.27. The number of allylic oxidation sites excluding steroid dienone is 1. The quantitative estimate of drug-likeness (QED) is 0.380. The van der Waals surface area contributed by atoms with Crippen LogP contribution in [-0.4, -0.2) is 17.5 Å². The van der Waals surface area contributed by atoms with Gasteiger partial charge in [0.2, 0.25) is 0 Å². The van der Waals surface area contributed by atoms with Crippen molar-refractivity contribution < 1.29 is 9.18 Å². The lowest BCUT2D eigenvalue weighted by Gasteiger charge is -2.15. The van der Waals surface area contributed by atoms with Gasteiger partial charge in [-0.2, -0.15) is 0 Å². The third-order valence-corrected chi connectivity index (χ3v) is 4.00. The van der Waals surface area contributed by atoms with Crippen molar-refractivity contribution in [3.05, 3.63) is 40.9 Å². The highest BCUT2D eigenvalue weighted by molar-refractivity contribution is 8.04. The Morgan fingerprint density at radius 1 is 1.28 bits per heavy atom. The number of halogens is 1. The van der Waals surface area contributed by atoms with Gasteiger partial charge in [-0.05, 0) is 31.6 Å². The van der Waals surface area contributed by atoms with Gasteiger partial charge in [0.25, 0.3) is 0 Å². The molecule has 0 aliphatic heterocycles. The molecular weight excluding hydrogens is 271 g/mol. The Morgan fingerprint density at radius 2 is 1.89 bits per heavy atom. The van der Waals surface area contributed by atoms with Gasteiger partial charge in [-0.15, -0.1) is 4.39 Å². The summed E-state index contributed by atoms with van der Waals surface area (Å²) in [5.74, 6) is 0. The zero-order chi connectivity index (χ0) is 13.5. The number of hydrogen-bond acceptors (Lipinski definition) is 4. The number of thioether (sulfide) groups is 1. The van der Waals surface area contributed by atoms with E-state index in [1.165, 1.54) is 18.8 Å². The maximum Gasteiger partial charge on any atom is 0.411 e. The van der Waals surface area contributed by atoms with Crippen LogP contribution in [0, 0.1) is 0 Å². The van der Waals surface area contributed by atoms with Crippen LogP contribution in [0.25, 0.3) is 0 Å². The standard InChI is InChI=1S/C12H15FN2OS2/c1-9(2)11(14-18-15(3)12(13)16)17-10-7-5-4-6-8-10/h4-8,14H,1-3H3. The maximum atomic E-state index is 12.4. The predicted octanol–water partition coefficient (Wildman–Crippen LogP) is 4.20. The molecule has 1 amide bonds. The number of nitrogens with zero attached hydrogens (tertiary/aromatic N) is 1. The summed E-state index contributed by atoms with van der Waals surface area (Å²) >= 11 is 2.46. The van der Waals surface area contributed by atoms with Crippen LogP contribution in [0.15, 0.2) is 45.8 Å². The molecule has 0 aliphatic rings. The lowest BCUT2D eigenvalue weighted by Crippen LogP contribution is -2.18. The van der Waals surface area contributed by atoms with Crippen LogP contribution in [0.1, 0.15) is 13.8 Å². The molecule has 0 bridgehead atoms. The summed E-state index contributed by atoms with van der Waals surface area (Å²) in [7, 11) is 1.37. The van der Waals surface area contributed by atoms with E-state index in [2.05, 4.69) is 4.72 Å². The second-order valence-corrected chi connectivity index (χ2v) is 5.71. The molecule has 18 heavy (non-hydrogen) atoms. The molecule has 0 atom stereocenters. The van der Waals surface area contributed by atoms with Gasteiger partial charge < -0.3 is 4.72 Å². The largest absolute Gasteiger partial charge is 0.411 e. The van der Waals surface area contributed by atoms with Crippen LogP contribution in [0.4, 0.5) is 9.18 Å². The second-order valence-electron chi connectivity index (χ2n) is 3.69. The van der Waals surface area contributed by atoms with Crippen LogP contribution >= 0.6 is 23.9 Å². The van der Waals surface area contributed by atoms with E-state index >= 15 is 0 Å². The molecule has 0 fully saturated rings. The summed E-state index contributed by atoms with van der Waals surface area (Å²) < 4.78 is 16.2. The number of nitrogens with one attached hydrogen (secondary N) is 1. The van der Waals surface area contributed by atoms with Crippen molar-refractivity contribution in [2.45, 2.75) is 18.7 Å². The molecule has 1 rings (SSSR count). The molecule has 1 aromatic carbocycles. The first-order chi connectivity index (χ1) is 8.50. The van der Waals surface area contributed by atoms with Gasteiger partial charge in [-0.25, -0.2) is 9.10 Å². The molecule has 0 aliphatic carbocycles. The van der Waals surface area contributed by atoms with Crippen molar-refractivity contribution in [3.63, 3.8) is 0 Å². The molecule has 0 saturated carbocycles. The molecule has 3 nitrogen and oxygen atoms in total. The number of rotatable bonds is 5. The summed E-state index contributed by atoms with van der Waals surface area (Å²) in [6, 6.07) is 9.84. The third kappa shape index (κ3) is 5.01. The van der Waals surface area contributed by atoms with Gasteiger partial charge in [0.05, 0.1) is 17.2 Å². The van der Waals surface area contributed by atoms with Gasteiger partial charge in [0.15, 0.2) is 0 Å². The van der Waals surface area contributed by atoms with E-state index in [1.54, 1.807) is 0 Å². The van der Waals surface area contributed by atoms with E-state index in [-0.39, 0.29) is 0 Å². The van der Waals surface area contributed by atoms with E-state index in [4.69, 9.17) is 0 Å². The number of carbonyl (C=O) groups excluding carboxylic acids is 1. The van der Waals surface area contributed by atoms with Crippen molar-refractivity contribution in [2.24, 2.45) is 0 Å². The molecule has 0 aromatic heterocycles. The van der Waals surface area contributed by atoms with E-state index in [9.17, 15) is 9.18 Å². The van der Waals surface area contributed by atoms with Crippen LogP contribution in [0.3, 0.4) is 0 Å². The summed E-state index contributed by atoms with van der Waals surface area (Å²) in [6.07, 6.45) is -1.48. The third-order valence-electron chi connectivity index (χ3n) is 1.94. The highest BCUT2D eigenvalue weighted by Crippen LogP contribution is 2.28. The predicted molar refractivity (Wildman–Crippen MR) is 75.7 cm³/mol. The minimum Gasteiger partial charge on any atom is -0.306 e. The van der Waals surface area contributed by atoms with Gasteiger partial charge in [-0.1, -0.05) is 30.0 Å². The van der Waals surface area contributed by atoms with Crippen molar-refractivity contribution in [3.8, 4) is 0 Å². The monoisotopic (exact) mass is 286 g/mol. The zero-order valence-corrected chi connectivity index (χ0v) is 12.1. The Hall–Kier alpha value is -1.14. The Morgan fingerprint density at radius 3 is 2.39 bits per heavy atom. The summed E-state index contributed by atoms with van der Waals surface area (Å²) in [5.41, 5.74) is 1.07. The first kappa shape index (κ1) is 14.9. The number of amides is 1. The minimum atomic E-state index is -1.48. The van der Waals surface area contributed by atoms with Crippen molar-refractivity contribution in [1.82, 2.24) is 9.03 Å². The Bertz CT molecular complexity index is 433. The van der Waals surface area contributed by atoms with Gasteiger partial charge in [-0.3, -0.25) is 0 Å². The minimum absolute atomic E-state index is 0.888. The van der Waals surface area contributed by atoms with E-state index in [0.29, 0.717) is 0 Å². The average molecular weight is 286 g/mol. The highest BCUT2D eigenvalue weighted by atomic mass is 32.2. The van der Waals surface area contributed by atoms with Crippen LogP contribution in [0.5, 0.6) is 0 Å². The fourth-order valence-electron chi connectivity index (χ4n) is 0.977. The lowest BCUT2D eigenvalue weighted by atomic mass is 10.4. The van der Waals surface area contributed by atoms with Crippen molar-refractivity contribution in [2.75, 3.05) is 7.05 Å². The average Bonchev–Trinajstić information content (AvgIpc) is 2.34. The summed E-state index contributed by atoms with van der Waals surface area (Å²) in [5, 5.41) is 0.888. The smallest absolute Gasteiger partial charge is 0.306 e. The van der Waals surface area contributed by atoms with E-state index < -0.39 is 6.16 Å². The molecule has 0 saturated heterocycles. The van der Waals surface area contributed by atoms with Crippen LogP contribution < -0.4 is 4.72 Å². The first-order valence-corrected chi connectivity index (χ1v) is 6.86. The van der Waals surface area contributed by atoms with Crippen molar-refractivity contribution >= 4 is 30.1 Å². The fraction of sp³-hybridized carbons (Fsp3) is 0.250. The van der Waals surface area contributed by atoms with Gasteiger partial charge >= 0.3 is 6.16 Å². The topological polar surface area (TPSA) is 32.3 Å². The van der Waals surface area contributed by atoms with E-state index in [0.717, 1.165) is 31.9 Å². The maximum absolute atomic E-state index is 12.4. The molecular formula is C12H15FN2OS2. The molecule has 6 heteroatoms. The van der Waals surface area contributed by atoms with Gasteiger partial charge in [0.1, 0.15) is 0 Å². The molecule has 1 aromatic rings. The number of carbonyl (C=O) groups is 1. The zero-order valence-electron chi connectivity index (χ0n) is 10.4. The SMILES string of the molecule is CC(C)=C(NSN(C)C(=O)F)Sc1ccccc1. The number of hydrogen-bond donors (Lipinski definition) is 1. The molecule has 0 radical (unpaired) electrons. The Balaban J connectivity index is 2.63. The molecule has 98 valence electrons. The van der Waals surface area contributed by atoms with Crippen LogP contribution in [0.2, 0.25) is 0 Å². The van der Waals surface area contributed by atoms with Gasteiger partial charge in [0, 0.05) is 11.9 Å². The van der Waals surface area contributed by atoms with E-state index in [1.807, 2.05) is 44.2 Å². The fourth-order valence-corrected chi connectivity index (χ4v) is 2.48. The molecule has 0 heterocycles. The highest BCUT2D eigenvalue weighted by Gasteiger charge is 2.09. The molecule has 1 N–H and O–H groups in total. The molecule has 0 spiro atoms.